The van der Waals surface area contributed by atoms with Crippen LogP contribution < -0.4 is 4.74 Å². The molecule has 0 bridgehead atoms. The highest BCUT2D eigenvalue weighted by atomic mass is 16.5. The highest BCUT2D eigenvalue weighted by Crippen LogP contribution is 2.28. The molecule has 2 N–H and O–H groups in total. The van der Waals surface area contributed by atoms with Gasteiger partial charge >= 0.3 is 5.97 Å². The minimum absolute atomic E-state index is 0.1000. The van der Waals surface area contributed by atoms with E-state index in [1.807, 2.05) is 0 Å². The van der Waals surface area contributed by atoms with Crippen molar-refractivity contribution in [2.45, 2.75) is 38.4 Å². The van der Waals surface area contributed by atoms with Crippen molar-refractivity contribution in [3.05, 3.63) is 24.0 Å². The van der Waals surface area contributed by atoms with E-state index in [0.717, 1.165) is 12.8 Å². The van der Waals surface area contributed by atoms with E-state index < -0.39 is 5.97 Å². The van der Waals surface area contributed by atoms with Gasteiger partial charge in [0.1, 0.15) is 11.4 Å². The van der Waals surface area contributed by atoms with Crippen LogP contribution in [-0.4, -0.2) is 42.3 Å². The van der Waals surface area contributed by atoms with E-state index in [9.17, 15) is 9.90 Å². The zero-order valence-corrected chi connectivity index (χ0v) is 13.4. The number of ether oxygens (including phenoxy) is 1. The van der Waals surface area contributed by atoms with E-state index in [2.05, 4.69) is 15.3 Å². The molecule has 0 radical (unpaired) electrons. The molecule has 2 heterocycles. The van der Waals surface area contributed by atoms with Crippen LogP contribution in [0.1, 0.15) is 31.4 Å². The van der Waals surface area contributed by atoms with E-state index in [4.69, 9.17) is 9.84 Å². The average Bonchev–Trinajstić information content (AvgIpc) is 2.96. The van der Waals surface area contributed by atoms with Crippen LogP contribution in [0.15, 0.2) is 18.3 Å². The fourth-order valence-electron chi connectivity index (χ4n) is 3.01. The molecule has 0 aliphatic heterocycles. The Labute approximate surface area is 139 Å². The summed E-state index contributed by atoms with van der Waals surface area (Å²) in [6.45, 7) is -0.169. The second kappa shape index (κ2) is 6.96. The molecule has 0 aromatic carbocycles. The van der Waals surface area contributed by atoms with Crippen LogP contribution >= 0.6 is 0 Å². The van der Waals surface area contributed by atoms with Gasteiger partial charge in [0.25, 0.3) is 0 Å². The summed E-state index contributed by atoms with van der Waals surface area (Å²) >= 11 is 0. The summed E-state index contributed by atoms with van der Waals surface area (Å²) in [6.07, 6.45) is 4.43. The molecule has 8 heteroatoms. The Kier molecular flexibility index (Phi) is 4.75. The Morgan fingerprint density at radius 3 is 2.92 bits per heavy atom. The Hall–Kier alpha value is -2.48. The minimum atomic E-state index is -0.754. The van der Waals surface area contributed by atoms with Crippen LogP contribution in [0.2, 0.25) is 0 Å². The highest BCUT2D eigenvalue weighted by molar-refractivity contribution is 5.70. The second-order valence-corrected chi connectivity index (χ2v) is 5.99. The van der Waals surface area contributed by atoms with Gasteiger partial charge in [-0.2, -0.15) is 0 Å². The zero-order chi connectivity index (χ0) is 17.1. The molecule has 1 unspecified atom stereocenters. The lowest BCUT2D eigenvalue weighted by Gasteiger charge is -2.27. The van der Waals surface area contributed by atoms with Gasteiger partial charge in [0.2, 0.25) is 0 Å². The number of pyridine rings is 1. The fraction of sp³-hybridized carbons (Fsp3) is 0.500. The summed E-state index contributed by atoms with van der Waals surface area (Å²) < 4.78 is 7.38. The predicted molar refractivity (Wildman–Crippen MR) is 84.2 cm³/mol. The number of aliphatic carboxylic acids is 1. The van der Waals surface area contributed by atoms with Crippen LogP contribution in [0.25, 0.3) is 11.4 Å². The van der Waals surface area contributed by atoms with E-state index in [0.29, 0.717) is 35.7 Å². The number of carboxylic acids is 1. The van der Waals surface area contributed by atoms with Crippen LogP contribution in [-0.2, 0) is 18.4 Å². The molecule has 8 nitrogen and oxygen atoms in total. The molecule has 0 saturated heterocycles. The number of hydrogen-bond donors (Lipinski definition) is 2. The molecule has 1 fully saturated rings. The van der Waals surface area contributed by atoms with Gasteiger partial charge in [0.15, 0.2) is 0 Å². The molecule has 128 valence electrons. The molecule has 1 aliphatic rings. The summed E-state index contributed by atoms with van der Waals surface area (Å²) in [6, 6.07) is 3.54. The summed E-state index contributed by atoms with van der Waals surface area (Å²) in [4.78, 5) is 15.4. The van der Waals surface area contributed by atoms with Gasteiger partial charge in [-0.1, -0.05) is 5.21 Å². The highest BCUT2D eigenvalue weighted by Gasteiger charge is 2.28. The molecule has 24 heavy (non-hydrogen) atoms. The standard InChI is InChI=1S/C16H20N4O4/c1-20-14(9-21)15(18-19-20)13-6-5-12(8-17-13)24-11-4-2-3-10(7-11)16(22)23/h5-6,8,10-11,21H,2-4,7,9H2,1H3,(H,22,23)/t10-,11?/m0/s1. The number of aliphatic hydroxyl groups excluding tert-OH is 1. The third kappa shape index (κ3) is 3.38. The summed E-state index contributed by atoms with van der Waals surface area (Å²) in [5.74, 6) is -0.483. The van der Waals surface area contributed by atoms with Crippen molar-refractivity contribution in [3.8, 4) is 17.1 Å². The molecule has 0 spiro atoms. The third-order valence-electron chi connectivity index (χ3n) is 4.35. The largest absolute Gasteiger partial charge is 0.489 e. The third-order valence-corrected chi connectivity index (χ3v) is 4.35. The van der Waals surface area contributed by atoms with Crippen LogP contribution in [0, 0.1) is 5.92 Å². The van der Waals surface area contributed by atoms with Crippen molar-refractivity contribution >= 4 is 5.97 Å². The Balaban J connectivity index is 1.69. The lowest BCUT2D eigenvalue weighted by molar-refractivity contribution is -0.143. The van der Waals surface area contributed by atoms with Crippen molar-refractivity contribution in [3.63, 3.8) is 0 Å². The first-order chi connectivity index (χ1) is 11.6. The van der Waals surface area contributed by atoms with Crippen molar-refractivity contribution in [2.24, 2.45) is 13.0 Å². The van der Waals surface area contributed by atoms with Crippen molar-refractivity contribution < 1.29 is 19.7 Å². The van der Waals surface area contributed by atoms with Gasteiger partial charge in [-0.3, -0.25) is 9.78 Å². The number of rotatable bonds is 5. The van der Waals surface area contributed by atoms with E-state index in [-0.39, 0.29) is 18.6 Å². The number of carbonyl (C=O) groups is 1. The SMILES string of the molecule is Cn1nnc(-c2ccc(OC3CCC[C@H](C(=O)O)C3)cn2)c1CO. The van der Waals surface area contributed by atoms with E-state index >= 15 is 0 Å². The molecule has 2 aromatic rings. The van der Waals surface area contributed by atoms with Gasteiger partial charge in [0.05, 0.1) is 36.2 Å². The van der Waals surface area contributed by atoms with Crippen molar-refractivity contribution in [1.29, 1.82) is 0 Å². The number of hydrogen-bond acceptors (Lipinski definition) is 6. The summed E-state index contributed by atoms with van der Waals surface area (Å²) in [5, 5.41) is 26.4. The van der Waals surface area contributed by atoms with Gasteiger partial charge in [-0.15, -0.1) is 5.10 Å². The molecule has 2 atom stereocenters. The van der Waals surface area contributed by atoms with Crippen LogP contribution in [0.5, 0.6) is 5.75 Å². The monoisotopic (exact) mass is 332 g/mol. The quantitative estimate of drug-likeness (QED) is 0.851. The molecule has 1 saturated carbocycles. The minimum Gasteiger partial charge on any atom is -0.489 e. The molecular formula is C16H20N4O4. The smallest absolute Gasteiger partial charge is 0.306 e. The predicted octanol–water partition coefficient (Wildman–Crippen LogP) is 1.39. The van der Waals surface area contributed by atoms with Gasteiger partial charge in [-0.25, -0.2) is 4.68 Å². The first-order valence-corrected chi connectivity index (χ1v) is 7.93. The maximum absolute atomic E-state index is 11.1. The second-order valence-electron chi connectivity index (χ2n) is 5.99. The molecule has 3 rings (SSSR count). The maximum Gasteiger partial charge on any atom is 0.306 e. The zero-order valence-electron chi connectivity index (χ0n) is 13.4. The van der Waals surface area contributed by atoms with Crippen LogP contribution in [0.4, 0.5) is 0 Å². The molecule has 2 aromatic heterocycles. The lowest BCUT2D eigenvalue weighted by atomic mass is 9.87. The normalized spacial score (nSPS) is 20.8. The van der Waals surface area contributed by atoms with E-state index in [1.54, 1.807) is 25.4 Å². The lowest BCUT2D eigenvalue weighted by Crippen LogP contribution is -2.29. The fourth-order valence-corrected chi connectivity index (χ4v) is 3.01. The van der Waals surface area contributed by atoms with Gasteiger partial charge < -0.3 is 14.9 Å². The Morgan fingerprint density at radius 1 is 1.42 bits per heavy atom. The number of nitrogens with zero attached hydrogens (tertiary/aromatic N) is 4. The van der Waals surface area contributed by atoms with Gasteiger partial charge in [-0.05, 0) is 37.8 Å². The molecule has 0 amide bonds. The molecule has 1 aliphatic carbocycles. The topological polar surface area (TPSA) is 110 Å². The average molecular weight is 332 g/mol. The number of aryl methyl sites for hydroxylation is 1. The van der Waals surface area contributed by atoms with Crippen molar-refractivity contribution in [1.82, 2.24) is 20.0 Å². The Morgan fingerprint density at radius 2 is 2.25 bits per heavy atom. The number of aromatic nitrogens is 4. The van der Waals surface area contributed by atoms with Crippen molar-refractivity contribution in [2.75, 3.05) is 0 Å². The summed E-state index contributed by atoms with van der Waals surface area (Å²) in [7, 11) is 1.71. The van der Waals surface area contributed by atoms with Gasteiger partial charge in [0, 0.05) is 7.05 Å². The number of carboxylic acid groups (broad SMARTS) is 1. The van der Waals surface area contributed by atoms with Crippen LogP contribution in [0.3, 0.4) is 0 Å². The first-order valence-electron chi connectivity index (χ1n) is 7.93. The maximum atomic E-state index is 11.1. The first kappa shape index (κ1) is 16.4. The van der Waals surface area contributed by atoms with E-state index in [1.165, 1.54) is 4.68 Å². The number of aliphatic hydroxyl groups is 1. The molecular weight excluding hydrogens is 312 g/mol. The summed E-state index contributed by atoms with van der Waals surface area (Å²) in [5.41, 5.74) is 1.73. The Bertz CT molecular complexity index is 713.